The second kappa shape index (κ2) is 7.12. The highest BCUT2D eigenvalue weighted by molar-refractivity contribution is 5.93. The maximum atomic E-state index is 12.7. The first-order valence-electron chi connectivity index (χ1n) is 6.16. The molecule has 6 heteroatoms. The highest BCUT2D eigenvalue weighted by atomic mass is 19.1. The van der Waals surface area contributed by atoms with E-state index < -0.39 is 23.6 Å². The molecular weight excluding hydrogens is 294 g/mol. The summed E-state index contributed by atoms with van der Waals surface area (Å²) in [6.07, 6.45) is 1.74. The van der Waals surface area contributed by atoms with Crippen molar-refractivity contribution in [1.29, 1.82) is 0 Å². The lowest BCUT2D eigenvalue weighted by atomic mass is 10.3. The summed E-state index contributed by atoms with van der Waals surface area (Å²) in [4.78, 5) is 22.9. The zero-order valence-electron chi connectivity index (χ0n) is 11.2. The Hall–Kier alpha value is -3.02. The Morgan fingerprint density at radius 3 is 1.32 bits per heavy atom. The van der Waals surface area contributed by atoms with Gasteiger partial charge < -0.3 is 9.47 Å². The second-order valence-electron chi connectivity index (χ2n) is 4.08. The Bertz CT molecular complexity index is 630. The lowest BCUT2D eigenvalue weighted by molar-refractivity contribution is -0.131. The minimum atomic E-state index is -0.817. The number of ether oxygens (including phenoxy) is 2. The molecule has 0 atom stereocenters. The number of benzene rings is 2. The molecule has 0 aliphatic heterocycles. The van der Waals surface area contributed by atoms with Crippen LogP contribution in [0.25, 0.3) is 0 Å². The number of halogens is 2. The quantitative estimate of drug-likeness (QED) is 0.495. The fraction of sp³-hybridized carbons (Fsp3) is 0. The lowest BCUT2D eigenvalue weighted by Crippen LogP contribution is -2.08. The van der Waals surface area contributed by atoms with Gasteiger partial charge in [0, 0.05) is 12.2 Å². The summed E-state index contributed by atoms with van der Waals surface area (Å²) in [7, 11) is 0. The normalized spacial score (nSPS) is 10.5. The fourth-order valence-corrected chi connectivity index (χ4v) is 1.44. The van der Waals surface area contributed by atoms with Crippen LogP contribution in [0.4, 0.5) is 8.78 Å². The van der Waals surface area contributed by atoms with Crippen molar-refractivity contribution in [3.63, 3.8) is 0 Å². The standard InChI is InChI=1S/C16H10F2O4/c17-11-1-5-13(6-2-11)21-15(19)9-10-16(20)22-14-7-3-12(18)4-8-14/h1-10H/b10-9+. The topological polar surface area (TPSA) is 52.6 Å². The Morgan fingerprint density at radius 2 is 1.00 bits per heavy atom. The van der Waals surface area contributed by atoms with Crippen molar-refractivity contribution >= 4 is 11.9 Å². The Balaban J connectivity index is 1.87. The van der Waals surface area contributed by atoms with Gasteiger partial charge >= 0.3 is 11.9 Å². The molecule has 0 fully saturated rings. The van der Waals surface area contributed by atoms with E-state index in [0.29, 0.717) is 0 Å². The van der Waals surface area contributed by atoms with Crippen LogP contribution in [0.2, 0.25) is 0 Å². The van der Waals surface area contributed by atoms with E-state index in [2.05, 4.69) is 0 Å². The predicted octanol–water partition coefficient (Wildman–Crippen LogP) is 3.03. The summed E-state index contributed by atoms with van der Waals surface area (Å²) in [5.74, 6) is -2.27. The van der Waals surface area contributed by atoms with Gasteiger partial charge in [0.15, 0.2) is 0 Å². The molecular formula is C16H10F2O4. The molecule has 4 nitrogen and oxygen atoms in total. The number of carbonyl (C=O) groups excluding carboxylic acids is 2. The molecule has 0 spiro atoms. The molecule has 22 heavy (non-hydrogen) atoms. The monoisotopic (exact) mass is 304 g/mol. The van der Waals surface area contributed by atoms with Crippen LogP contribution in [-0.2, 0) is 9.59 Å². The van der Waals surface area contributed by atoms with Gasteiger partial charge in [-0.25, -0.2) is 18.4 Å². The van der Waals surface area contributed by atoms with E-state index in [1.807, 2.05) is 0 Å². The first kappa shape index (κ1) is 15.4. The number of carbonyl (C=O) groups is 2. The third-order valence-corrected chi connectivity index (χ3v) is 2.42. The van der Waals surface area contributed by atoms with Gasteiger partial charge in [-0.2, -0.15) is 0 Å². The highest BCUT2D eigenvalue weighted by Gasteiger charge is 2.04. The molecule has 0 heterocycles. The fourth-order valence-electron chi connectivity index (χ4n) is 1.44. The maximum Gasteiger partial charge on any atom is 0.336 e. The van der Waals surface area contributed by atoms with Gasteiger partial charge in [-0.15, -0.1) is 0 Å². The molecule has 0 aromatic heterocycles. The largest absolute Gasteiger partial charge is 0.423 e. The number of hydrogen-bond donors (Lipinski definition) is 0. The van der Waals surface area contributed by atoms with E-state index in [4.69, 9.17) is 9.47 Å². The molecule has 0 aliphatic rings. The van der Waals surface area contributed by atoms with Crippen LogP contribution in [0.5, 0.6) is 11.5 Å². The van der Waals surface area contributed by atoms with Crippen molar-refractivity contribution in [3.8, 4) is 11.5 Å². The molecule has 0 saturated carbocycles. The molecule has 0 radical (unpaired) electrons. The SMILES string of the molecule is O=C(/C=C/C(=O)Oc1ccc(F)cc1)Oc1ccc(F)cc1. The number of rotatable bonds is 4. The molecule has 0 N–H and O–H groups in total. The second-order valence-corrected chi connectivity index (χ2v) is 4.08. The zero-order chi connectivity index (χ0) is 15.9. The molecule has 0 amide bonds. The average molecular weight is 304 g/mol. The van der Waals surface area contributed by atoms with Crippen molar-refractivity contribution < 1.29 is 27.8 Å². The van der Waals surface area contributed by atoms with Crippen molar-refractivity contribution in [2.45, 2.75) is 0 Å². The van der Waals surface area contributed by atoms with Gasteiger partial charge in [0.1, 0.15) is 23.1 Å². The summed E-state index contributed by atoms with van der Waals surface area (Å²) < 4.78 is 35.0. The Kier molecular flexibility index (Phi) is 4.98. The average Bonchev–Trinajstić information content (AvgIpc) is 2.50. The Morgan fingerprint density at radius 1 is 0.682 bits per heavy atom. The highest BCUT2D eigenvalue weighted by Crippen LogP contribution is 2.12. The molecule has 112 valence electrons. The van der Waals surface area contributed by atoms with E-state index in [9.17, 15) is 18.4 Å². The number of hydrogen-bond acceptors (Lipinski definition) is 4. The van der Waals surface area contributed by atoms with Crippen molar-refractivity contribution in [1.82, 2.24) is 0 Å². The number of esters is 2. The van der Waals surface area contributed by atoms with Crippen LogP contribution in [-0.4, -0.2) is 11.9 Å². The van der Waals surface area contributed by atoms with E-state index in [0.717, 1.165) is 36.4 Å². The van der Waals surface area contributed by atoms with Crippen molar-refractivity contribution in [2.24, 2.45) is 0 Å². The van der Waals surface area contributed by atoms with Crippen LogP contribution in [0.15, 0.2) is 60.7 Å². The smallest absolute Gasteiger partial charge is 0.336 e. The van der Waals surface area contributed by atoms with Crippen LogP contribution in [0.1, 0.15) is 0 Å². The Labute approximate surface area is 124 Å². The first-order valence-corrected chi connectivity index (χ1v) is 6.16. The molecule has 2 aromatic carbocycles. The van der Waals surface area contributed by atoms with E-state index >= 15 is 0 Å². The predicted molar refractivity (Wildman–Crippen MR) is 73.2 cm³/mol. The van der Waals surface area contributed by atoms with Crippen LogP contribution >= 0.6 is 0 Å². The summed E-state index contributed by atoms with van der Waals surface area (Å²) in [5.41, 5.74) is 0. The first-order chi connectivity index (χ1) is 10.5. The minimum absolute atomic E-state index is 0.142. The van der Waals surface area contributed by atoms with Gasteiger partial charge in [0.25, 0.3) is 0 Å². The van der Waals surface area contributed by atoms with E-state index in [1.165, 1.54) is 24.3 Å². The summed E-state index contributed by atoms with van der Waals surface area (Å²) in [6, 6.07) is 9.64. The van der Waals surface area contributed by atoms with Gasteiger partial charge in [-0.3, -0.25) is 0 Å². The summed E-state index contributed by atoms with van der Waals surface area (Å²) in [6.45, 7) is 0. The summed E-state index contributed by atoms with van der Waals surface area (Å²) >= 11 is 0. The molecule has 0 saturated heterocycles. The summed E-state index contributed by atoms with van der Waals surface area (Å²) in [5, 5.41) is 0. The van der Waals surface area contributed by atoms with E-state index in [-0.39, 0.29) is 11.5 Å². The van der Waals surface area contributed by atoms with Crippen LogP contribution in [0, 0.1) is 11.6 Å². The molecule has 2 rings (SSSR count). The molecule has 0 aliphatic carbocycles. The van der Waals surface area contributed by atoms with Gasteiger partial charge in [-0.1, -0.05) is 0 Å². The molecule has 0 unspecified atom stereocenters. The minimum Gasteiger partial charge on any atom is -0.423 e. The lowest BCUT2D eigenvalue weighted by Gasteiger charge is -2.01. The van der Waals surface area contributed by atoms with Crippen molar-refractivity contribution in [3.05, 3.63) is 72.3 Å². The van der Waals surface area contributed by atoms with Crippen LogP contribution in [0.3, 0.4) is 0 Å². The van der Waals surface area contributed by atoms with Gasteiger partial charge in [0.05, 0.1) is 0 Å². The van der Waals surface area contributed by atoms with Crippen LogP contribution < -0.4 is 9.47 Å². The third kappa shape index (κ3) is 4.82. The van der Waals surface area contributed by atoms with Gasteiger partial charge in [0.2, 0.25) is 0 Å². The molecule has 0 bridgehead atoms. The third-order valence-electron chi connectivity index (χ3n) is 2.42. The maximum absolute atomic E-state index is 12.7. The van der Waals surface area contributed by atoms with Gasteiger partial charge in [-0.05, 0) is 48.5 Å². The molecule has 2 aromatic rings. The van der Waals surface area contributed by atoms with Crippen molar-refractivity contribution in [2.75, 3.05) is 0 Å². The van der Waals surface area contributed by atoms with E-state index in [1.54, 1.807) is 0 Å². The zero-order valence-corrected chi connectivity index (χ0v) is 11.2.